The van der Waals surface area contributed by atoms with Crippen LogP contribution in [0.1, 0.15) is 61.8 Å². The molecular weight excluding hydrogens is 585 g/mol. The molecule has 0 saturated carbocycles. The van der Waals surface area contributed by atoms with Crippen molar-refractivity contribution in [1.82, 2.24) is 5.32 Å². The van der Waals surface area contributed by atoms with E-state index in [0.29, 0.717) is 27.2 Å². The number of esters is 1. The monoisotopic (exact) mass is 619 g/mol. The van der Waals surface area contributed by atoms with Gasteiger partial charge < -0.3 is 4.74 Å². The molecule has 1 aliphatic rings. The number of alkyl halides is 2. The van der Waals surface area contributed by atoms with Crippen LogP contribution in [0.5, 0.6) is 0 Å². The van der Waals surface area contributed by atoms with E-state index in [4.69, 9.17) is 4.74 Å². The minimum absolute atomic E-state index is 0.143. The Hall–Kier alpha value is -1.30. The van der Waals surface area contributed by atoms with Gasteiger partial charge in [0.05, 0.1) is 6.61 Å². The summed E-state index contributed by atoms with van der Waals surface area (Å²) < 4.78 is 44.8. The Kier molecular flexibility index (Phi) is 10.1. The van der Waals surface area contributed by atoms with Gasteiger partial charge in [0, 0.05) is 0 Å². The van der Waals surface area contributed by atoms with Gasteiger partial charge in [0.15, 0.2) is 0 Å². The predicted octanol–water partition coefficient (Wildman–Crippen LogP) is 4.96. The number of rotatable bonds is 10. The first-order valence-corrected chi connectivity index (χ1v) is 20.8. The van der Waals surface area contributed by atoms with E-state index in [2.05, 4.69) is 11.4 Å². The summed E-state index contributed by atoms with van der Waals surface area (Å²) in [6.07, 6.45) is 5.69. The van der Waals surface area contributed by atoms with Crippen molar-refractivity contribution in [3.63, 3.8) is 0 Å². The van der Waals surface area contributed by atoms with Crippen LogP contribution < -0.4 is 5.32 Å². The fourth-order valence-electron chi connectivity index (χ4n) is 4.11. The summed E-state index contributed by atoms with van der Waals surface area (Å²) in [4.78, 5) is 14.3. The number of halogens is 1. The summed E-state index contributed by atoms with van der Waals surface area (Å²) in [7, 11) is -4.68. The van der Waals surface area contributed by atoms with Crippen LogP contribution in [0, 0.1) is 0 Å². The van der Waals surface area contributed by atoms with E-state index in [1.54, 1.807) is 18.4 Å². The quantitative estimate of drug-likeness (QED) is 0.133. The van der Waals surface area contributed by atoms with E-state index < -0.39 is 36.2 Å². The summed E-state index contributed by atoms with van der Waals surface area (Å²) in [5.41, 5.74) is 2.96. The zero-order valence-electron chi connectivity index (χ0n) is 20.0. The molecule has 1 N–H and O–H groups in total. The Morgan fingerprint density at radius 3 is 2.59 bits per heavy atom. The van der Waals surface area contributed by atoms with Crippen molar-refractivity contribution in [3.05, 3.63) is 59.2 Å². The van der Waals surface area contributed by atoms with Crippen LogP contribution in [-0.2, 0) is 31.8 Å². The van der Waals surface area contributed by atoms with Gasteiger partial charge in [-0.05, 0) is 6.92 Å². The van der Waals surface area contributed by atoms with Crippen LogP contribution in [0.15, 0.2) is 52.3 Å². The first-order chi connectivity index (χ1) is 16.3. The Morgan fingerprint density at radius 1 is 1.12 bits per heavy atom. The molecule has 2 aromatic rings. The zero-order valence-corrected chi connectivity index (χ0v) is 23.8. The van der Waals surface area contributed by atoms with E-state index in [0.717, 1.165) is 48.9 Å². The van der Waals surface area contributed by atoms with E-state index in [1.807, 2.05) is 36.1 Å². The molecule has 0 aliphatic carbocycles. The van der Waals surface area contributed by atoms with Crippen LogP contribution in [-0.4, -0.2) is 42.9 Å². The molecule has 0 aromatic heterocycles. The number of benzene rings is 2. The van der Waals surface area contributed by atoms with Crippen molar-refractivity contribution in [2.75, 3.05) is 24.3 Å². The molecule has 34 heavy (non-hydrogen) atoms. The number of hydrogen-bond acceptors (Lipinski definition) is 6. The Labute approximate surface area is 211 Å². The summed E-state index contributed by atoms with van der Waals surface area (Å²) in [6.45, 7) is 2.96. The zero-order chi connectivity index (χ0) is 24.7. The molecule has 3 rings (SSSR count). The molecule has 0 saturated heterocycles. The number of carbonyl (C=O) groups is 1. The van der Waals surface area contributed by atoms with Crippen molar-refractivity contribution in [2.24, 2.45) is 0 Å². The number of unbranched alkanes of at least 4 members (excludes halogenated alkanes) is 3. The van der Waals surface area contributed by atoms with Crippen molar-refractivity contribution < 1.29 is 22.2 Å². The standard InChI is InChI=1S/C25H34INO5S2/c1-4-32-24(28)13-7-5-6-10-16-27-25-21-12-9-8-11-19(21)18-26(2)34(30,31)23-17-20(33(3)29)14-15-22(23)25/h8-9,11-12,14-15,17,25,27H,4-7,10,13,16,18H2,1-3H3. The number of fused-ring (bicyclic) bond motifs is 2. The summed E-state index contributed by atoms with van der Waals surface area (Å²) in [5.74, 6) is -0.143. The number of ether oxygens (including phenoxy) is 1. The van der Waals surface area contributed by atoms with Gasteiger partial charge in [-0.2, -0.15) is 0 Å². The maximum absolute atomic E-state index is 13.6. The Morgan fingerprint density at radius 2 is 1.85 bits per heavy atom. The summed E-state index contributed by atoms with van der Waals surface area (Å²) in [5, 5.41) is 3.61. The third-order valence-electron chi connectivity index (χ3n) is 5.90. The molecule has 2 atom stereocenters. The third-order valence-corrected chi connectivity index (χ3v) is 18.4. The maximum atomic E-state index is 13.6. The molecule has 0 bridgehead atoms. The van der Waals surface area contributed by atoms with Crippen LogP contribution in [0.4, 0.5) is 0 Å². The molecule has 1 aliphatic heterocycles. The van der Waals surface area contributed by atoms with Gasteiger partial charge in [0.25, 0.3) is 0 Å². The van der Waals surface area contributed by atoms with Gasteiger partial charge in [-0.3, -0.25) is 4.79 Å². The summed E-state index contributed by atoms with van der Waals surface area (Å²) in [6, 6.07) is 13.1. The van der Waals surface area contributed by atoms with E-state index >= 15 is 0 Å². The fraction of sp³-hybridized carbons (Fsp3) is 0.480. The second-order valence-corrected chi connectivity index (χ2v) is 21.8. The van der Waals surface area contributed by atoms with Gasteiger partial charge in [-0.1, -0.05) is 0 Å². The third kappa shape index (κ3) is 6.67. The van der Waals surface area contributed by atoms with Gasteiger partial charge >= 0.3 is 189 Å². The van der Waals surface area contributed by atoms with E-state index in [-0.39, 0.29) is 12.0 Å². The van der Waals surface area contributed by atoms with Crippen LogP contribution >= 0.6 is 18.4 Å². The molecule has 0 amide bonds. The minimum atomic E-state index is -3.43. The first kappa shape index (κ1) is 27.3. The SMILES string of the molecule is CCOC(=O)CCCCCCNC1c2ccccc2CI(C)S(=O)(=O)c2cc(S(C)=O)ccc21. The Balaban J connectivity index is 1.81. The van der Waals surface area contributed by atoms with Crippen LogP contribution in [0.25, 0.3) is 0 Å². The van der Waals surface area contributed by atoms with Gasteiger partial charge in [-0.25, -0.2) is 0 Å². The molecule has 188 valence electrons. The summed E-state index contributed by atoms with van der Waals surface area (Å²) >= 11 is -2.39. The van der Waals surface area contributed by atoms with Crippen molar-refractivity contribution in [2.45, 2.75) is 59.3 Å². The van der Waals surface area contributed by atoms with E-state index in [1.165, 1.54) is 0 Å². The normalized spacial score (nSPS) is 18.8. The fourth-order valence-corrected chi connectivity index (χ4v) is 13.3. The van der Waals surface area contributed by atoms with Gasteiger partial charge in [-0.15, -0.1) is 0 Å². The second kappa shape index (κ2) is 12.6. The number of nitrogens with one attached hydrogen (secondary N) is 1. The first-order valence-electron chi connectivity index (χ1n) is 11.5. The average molecular weight is 620 g/mol. The van der Waals surface area contributed by atoms with E-state index in [9.17, 15) is 17.4 Å². The second-order valence-electron chi connectivity index (χ2n) is 8.31. The predicted molar refractivity (Wildman–Crippen MR) is 146 cm³/mol. The number of hydrogen-bond donors (Lipinski definition) is 1. The van der Waals surface area contributed by atoms with Crippen LogP contribution in [0.2, 0.25) is 0 Å². The Bertz CT molecular complexity index is 1140. The van der Waals surface area contributed by atoms with Crippen molar-refractivity contribution in [1.29, 1.82) is 0 Å². The van der Waals surface area contributed by atoms with Crippen molar-refractivity contribution in [3.8, 4) is 0 Å². The molecule has 6 nitrogen and oxygen atoms in total. The molecule has 9 heteroatoms. The van der Waals surface area contributed by atoms with Crippen LogP contribution in [0.3, 0.4) is 0 Å². The molecule has 1 heterocycles. The van der Waals surface area contributed by atoms with Crippen molar-refractivity contribution >= 4 is 42.2 Å². The number of carbonyl (C=O) groups excluding carboxylic acids is 1. The molecular formula is C25H34INO5S2. The molecule has 2 unspecified atom stereocenters. The van der Waals surface area contributed by atoms with Gasteiger partial charge in [0.1, 0.15) is 0 Å². The topological polar surface area (TPSA) is 89.5 Å². The molecule has 0 fully saturated rings. The molecule has 2 aromatic carbocycles. The molecule has 0 spiro atoms. The average Bonchev–Trinajstić information content (AvgIpc) is 2.80. The van der Waals surface area contributed by atoms with Gasteiger partial charge in [0.2, 0.25) is 0 Å². The molecule has 0 radical (unpaired) electrons.